The minimum Gasteiger partial charge on any atom is -0.352 e. The molecule has 0 bridgehead atoms. The van der Waals surface area contributed by atoms with E-state index in [0.29, 0.717) is 24.9 Å². The molecule has 0 radical (unpaired) electrons. The predicted octanol–water partition coefficient (Wildman–Crippen LogP) is 2.93. The summed E-state index contributed by atoms with van der Waals surface area (Å²) in [6, 6.07) is 17.5. The summed E-state index contributed by atoms with van der Waals surface area (Å²) >= 11 is 0. The van der Waals surface area contributed by atoms with Crippen molar-refractivity contribution in [3.63, 3.8) is 0 Å². The highest BCUT2D eigenvalue weighted by atomic mass is 16.5. The van der Waals surface area contributed by atoms with Gasteiger partial charge in [-0.2, -0.15) is 0 Å². The molecule has 24 heavy (non-hydrogen) atoms. The highest BCUT2D eigenvalue weighted by Gasteiger charge is 2.05. The summed E-state index contributed by atoms with van der Waals surface area (Å²) in [5, 5.41) is 11.2. The maximum Gasteiger partial charge on any atom is 0.267 e. The summed E-state index contributed by atoms with van der Waals surface area (Å²) in [7, 11) is 0. The molecule has 0 aliphatic heterocycles. The average molecular weight is 324 g/mol. The Kier molecular flexibility index (Phi) is 6.73. The van der Waals surface area contributed by atoms with Gasteiger partial charge >= 0.3 is 0 Å². The van der Waals surface area contributed by atoms with Crippen LogP contribution in [0.3, 0.4) is 0 Å². The molecule has 2 amide bonds. The zero-order chi connectivity index (χ0) is 17.2. The van der Waals surface area contributed by atoms with E-state index in [1.54, 1.807) is 6.08 Å². The Labute approximate surface area is 141 Å². The lowest BCUT2D eigenvalue weighted by Crippen LogP contribution is -2.24. The van der Waals surface area contributed by atoms with Crippen LogP contribution in [0.4, 0.5) is 0 Å². The van der Waals surface area contributed by atoms with Crippen LogP contribution in [0.2, 0.25) is 0 Å². The Morgan fingerprint density at radius 2 is 1.62 bits per heavy atom. The van der Waals surface area contributed by atoms with Crippen molar-refractivity contribution in [2.24, 2.45) is 0 Å². The van der Waals surface area contributed by atoms with Gasteiger partial charge in [0.05, 0.1) is 0 Å². The summed E-state index contributed by atoms with van der Waals surface area (Å²) in [5.74, 6) is -0.677. The SMILES string of the molecule is O=C(/C=C/CCCNC(=O)c1ccc(-c2ccccc2)cc1)NO. The highest BCUT2D eigenvalue weighted by Crippen LogP contribution is 2.19. The summed E-state index contributed by atoms with van der Waals surface area (Å²) in [4.78, 5) is 22.8. The van der Waals surface area contributed by atoms with Gasteiger partial charge in [0.2, 0.25) is 0 Å². The smallest absolute Gasteiger partial charge is 0.267 e. The first-order chi connectivity index (χ1) is 11.7. The number of unbranched alkanes of at least 4 members (excludes halogenated alkanes) is 1. The van der Waals surface area contributed by atoms with Gasteiger partial charge in [0.15, 0.2) is 0 Å². The van der Waals surface area contributed by atoms with Crippen LogP contribution in [0, 0.1) is 0 Å². The normalized spacial score (nSPS) is 10.5. The number of nitrogens with one attached hydrogen (secondary N) is 2. The van der Waals surface area contributed by atoms with E-state index in [1.807, 2.05) is 54.6 Å². The van der Waals surface area contributed by atoms with Gasteiger partial charge in [0, 0.05) is 18.2 Å². The van der Waals surface area contributed by atoms with E-state index < -0.39 is 5.91 Å². The van der Waals surface area contributed by atoms with Crippen molar-refractivity contribution < 1.29 is 14.8 Å². The van der Waals surface area contributed by atoms with E-state index in [1.165, 1.54) is 11.6 Å². The van der Waals surface area contributed by atoms with Crippen LogP contribution in [0.25, 0.3) is 11.1 Å². The Balaban J connectivity index is 1.79. The Morgan fingerprint density at radius 3 is 2.29 bits per heavy atom. The maximum atomic E-state index is 12.1. The van der Waals surface area contributed by atoms with Gasteiger partial charge in [-0.3, -0.25) is 14.8 Å². The second-order valence-electron chi connectivity index (χ2n) is 5.22. The number of hydroxylamine groups is 1. The molecule has 124 valence electrons. The van der Waals surface area contributed by atoms with Gasteiger partial charge in [-0.15, -0.1) is 0 Å². The summed E-state index contributed by atoms with van der Waals surface area (Å²) in [6.07, 6.45) is 4.25. The number of rotatable bonds is 7. The average Bonchev–Trinajstić information content (AvgIpc) is 2.65. The fourth-order valence-electron chi connectivity index (χ4n) is 2.20. The molecular formula is C19H20N2O3. The summed E-state index contributed by atoms with van der Waals surface area (Å²) < 4.78 is 0. The Morgan fingerprint density at radius 1 is 0.958 bits per heavy atom. The number of hydrogen-bond acceptors (Lipinski definition) is 3. The Bertz CT molecular complexity index is 694. The molecule has 0 saturated carbocycles. The molecule has 0 saturated heterocycles. The van der Waals surface area contributed by atoms with Gasteiger partial charge in [0.25, 0.3) is 11.8 Å². The van der Waals surface area contributed by atoms with E-state index in [4.69, 9.17) is 5.21 Å². The fourth-order valence-corrected chi connectivity index (χ4v) is 2.20. The molecule has 0 spiro atoms. The molecule has 0 aliphatic carbocycles. The van der Waals surface area contributed by atoms with Crippen LogP contribution in [0.15, 0.2) is 66.7 Å². The zero-order valence-corrected chi connectivity index (χ0v) is 13.2. The number of benzene rings is 2. The molecule has 2 aromatic rings. The predicted molar refractivity (Wildman–Crippen MR) is 92.5 cm³/mol. The maximum absolute atomic E-state index is 12.1. The molecule has 0 aliphatic rings. The second kappa shape index (κ2) is 9.27. The van der Waals surface area contributed by atoms with E-state index in [-0.39, 0.29) is 5.91 Å². The van der Waals surface area contributed by atoms with Crippen LogP contribution in [0.1, 0.15) is 23.2 Å². The van der Waals surface area contributed by atoms with Crippen molar-refractivity contribution in [3.05, 3.63) is 72.3 Å². The second-order valence-corrected chi connectivity index (χ2v) is 5.22. The Hall–Kier alpha value is -2.92. The van der Waals surface area contributed by atoms with Crippen molar-refractivity contribution in [1.82, 2.24) is 10.8 Å². The van der Waals surface area contributed by atoms with Crippen LogP contribution in [0.5, 0.6) is 0 Å². The molecule has 0 aromatic heterocycles. The third-order valence-electron chi connectivity index (χ3n) is 3.47. The lowest BCUT2D eigenvalue weighted by Gasteiger charge is -2.06. The first-order valence-electron chi connectivity index (χ1n) is 7.75. The molecule has 0 atom stereocenters. The van der Waals surface area contributed by atoms with Crippen molar-refractivity contribution in [2.45, 2.75) is 12.8 Å². The molecule has 5 nitrogen and oxygen atoms in total. The van der Waals surface area contributed by atoms with E-state index in [0.717, 1.165) is 11.1 Å². The number of allylic oxidation sites excluding steroid dienone is 1. The molecule has 0 heterocycles. The van der Waals surface area contributed by atoms with Gasteiger partial charge in [-0.25, -0.2) is 5.48 Å². The summed E-state index contributed by atoms with van der Waals surface area (Å²) in [5.41, 5.74) is 4.32. The topological polar surface area (TPSA) is 78.4 Å². The molecule has 5 heteroatoms. The van der Waals surface area contributed by atoms with Crippen molar-refractivity contribution in [2.75, 3.05) is 6.54 Å². The van der Waals surface area contributed by atoms with Crippen molar-refractivity contribution >= 4 is 11.8 Å². The zero-order valence-electron chi connectivity index (χ0n) is 13.2. The third-order valence-corrected chi connectivity index (χ3v) is 3.47. The van der Waals surface area contributed by atoms with Crippen molar-refractivity contribution in [1.29, 1.82) is 0 Å². The molecule has 0 fully saturated rings. The van der Waals surface area contributed by atoms with Gasteiger partial charge in [-0.1, -0.05) is 48.5 Å². The molecule has 3 N–H and O–H groups in total. The van der Waals surface area contributed by atoms with Gasteiger partial charge in [0.1, 0.15) is 0 Å². The van der Waals surface area contributed by atoms with Gasteiger partial charge in [-0.05, 0) is 36.1 Å². The summed E-state index contributed by atoms with van der Waals surface area (Å²) in [6.45, 7) is 0.518. The van der Waals surface area contributed by atoms with Gasteiger partial charge < -0.3 is 5.32 Å². The number of hydrogen-bond donors (Lipinski definition) is 3. The van der Waals surface area contributed by atoms with Crippen LogP contribution in [-0.2, 0) is 4.79 Å². The van der Waals surface area contributed by atoms with Crippen LogP contribution < -0.4 is 10.8 Å². The lowest BCUT2D eigenvalue weighted by molar-refractivity contribution is -0.124. The first-order valence-corrected chi connectivity index (χ1v) is 7.75. The molecule has 2 rings (SSSR count). The van der Waals surface area contributed by atoms with Crippen LogP contribution in [-0.4, -0.2) is 23.6 Å². The minimum atomic E-state index is -0.558. The van der Waals surface area contributed by atoms with E-state index >= 15 is 0 Å². The minimum absolute atomic E-state index is 0.119. The first kappa shape index (κ1) is 17.4. The molecule has 2 aromatic carbocycles. The quantitative estimate of drug-likeness (QED) is 0.317. The third kappa shape index (κ3) is 5.37. The molecular weight excluding hydrogens is 304 g/mol. The number of carbonyl (C=O) groups is 2. The van der Waals surface area contributed by atoms with E-state index in [9.17, 15) is 9.59 Å². The highest BCUT2D eigenvalue weighted by molar-refractivity contribution is 5.94. The number of amides is 2. The van der Waals surface area contributed by atoms with E-state index in [2.05, 4.69) is 5.32 Å². The standard InChI is InChI=1S/C19H20N2O3/c22-18(21-24)9-5-2-6-14-20-19(23)17-12-10-16(11-13-17)15-7-3-1-4-8-15/h1,3-5,7-13,24H,2,6,14H2,(H,20,23)(H,21,22)/b9-5+. The largest absolute Gasteiger partial charge is 0.352 e. The van der Waals surface area contributed by atoms with Crippen molar-refractivity contribution in [3.8, 4) is 11.1 Å². The monoisotopic (exact) mass is 324 g/mol. The fraction of sp³-hybridized carbons (Fsp3) is 0.158. The number of carbonyl (C=O) groups excluding carboxylic acids is 2. The lowest BCUT2D eigenvalue weighted by atomic mass is 10.0. The molecule has 0 unspecified atom stereocenters. The van der Waals surface area contributed by atoms with Crippen LogP contribution >= 0.6 is 0 Å².